The standard InChI is InChI=1S/C23H16Cl2N6OS/c1-14(22(32)28-17-4-2-3-15(11-17)13-26)33-23-30-29-21(16-7-9-27-10-8-16)31(23)18-5-6-19(24)20(25)12-18/h2-12,14H,1H3,(H,28,32). The Morgan fingerprint density at radius 2 is 1.88 bits per heavy atom. The van der Waals surface area contributed by atoms with Gasteiger partial charge < -0.3 is 5.32 Å². The fourth-order valence-electron chi connectivity index (χ4n) is 3.01. The van der Waals surface area contributed by atoms with Gasteiger partial charge in [0.1, 0.15) is 0 Å². The number of pyridine rings is 1. The molecule has 10 heteroatoms. The topological polar surface area (TPSA) is 96.5 Å². The first-order valence-corrected chi connectivity index (χ1v) is 11.4. The molecule has 0 saturated heterocycles. The van der Waals surface area contributed by atoms with E-state index in [1.54, 1.807) is 55.7 Å². The molecular formula is C23H16Cl2N6OS. The van der Waals surface area contributed by atoms with Crippen molar-refractivity contribution in [1.29, 1.82) is 5.26 Å². The summed E-state index contributed by atoms with van der Waals surface area (Å²) in [5.41, 5.74) is 2.53. The van der Waals surface area contributed by atoms with Crippen molar-refractivity contribution in [3.63, 3.8) is 0 Å². The maximum Gasteiger partial charge on any atom is 0.237 e. The van der Waals surface area contributed by atoms with Gasteiger partial charge in [-0.1, -0.05) is 41.0 Å². The van der Waals surface area contributed by atoms with E-state index in [1.165, 1.54) is 11.8 Å². The van der Waals surface area contributed by atoms with Crippen molar-refractivity contribution < 1.29 is 4.79 Å². The van der Waals surface area contributed by atoms with Crippen LogP contribution in [-0.2, 0) is 4.79 Å². The van der Waals surface area contributed by atoms with Crippen LogP contribution in [-0.4, -0.2) is 30.9 Å². The molecule has 164 valence electrons. The van der Waals surface area contributed by atoms with Gasteiger partial charge in [0, 0.05) is 23.6 Å². The Labute approximate surface area is 204 Å². The summed E-state index contributed by atoms with van der Waals surface area (Å²) in [7, 11) is 0. The van der Waals surface area contributed by atoms with Gasteiger partial charge in [0.15, 0.2) is 11.0 Å². The van der Waals surface area contributed by atoms with Gasteiger partial charge in [-0.05, 0) is 55.5 Å². The highest BCUT2D eigenvalue weighted by atomic mass is 35.5. The molecule has 2 aromatic heterocycles. The van der Waals surface area contributed by atoms with Gasteiger partial charge >= 0.3 is 0 Å². The third-order valence-corrected chi connectivity index (χ3v) is 6.43. The van der Waals surface area contributed by atoms with Crippen molar-refractivity contribution in [2.45, 2.75) is 17.3 Å². The van der Waals surface area contributed by atoms with Gasteiger partial charge in [-0.15, -0.1) is 10.2 Å². The molecule has 1 atom stereocenters. The van der Waals surface area contributed by atoms with Crippen LogP contribution in [0.15, 0.2) is 72.1 Å². The van der Waals surface area contributed by atoms with E-state index in [4.69, 9.17) is 28.5 Å². The SMILES string of the molecule is CC(Sc1nnc(-c2ccncc2)n1-c1ccc(Cl)c(Cl)c1)C(=O)Nc1cccc(C#N)c1. The van der Waals surface area contributed by atoms with Crippen LogP contribution in [0.5, 0.6) is 0 Å². The average Bonchev–Trinajstić information content (AvgIpc) is 3.25. The number of nitrogens with one attached hydrogen (secondary N) is 1. The molecule has 1 unspecified atom stereocenters. The van der Waals surface area contributed by atoms with Crippen molar-refractivity contribution in [2.75, 3.05) is 5.32 Å². The highest BCUT2D eigenvalue weighted by Gasteiger charge is 2.22. The zero-order valence-electron chi connectivity index (χ0n) is 17.2. The van der Waals surface area contributed by atoms with E-state index in [0.717, 1.165) is 5.56 Å². The smallest absolute Gasteiger partial charge is 0.237 e. The van der Waals surface area contributed by atoms with Gasteiger partial charge in [0.2, 0.25) is 5.91 Å². The summed E-state index contributed by atoms with van der Waals surface area (Å²) >= 11 is 13.6. The average molecular weight is 495 g/mol. The Balaban J connectivity index is 1.65. The van der Waals surface area contributed by atoms with E-state index in [2.05, 4.69) is 26.6 Å². The predicted molar refractivity (Wildman–Crippen MR) is 130 cm³/mol. The lowest BCUT2D eigenvalue weighted by Gasteiger charge is -2.14. The van der Waals surface area contributed by atoms with Crippen LogP contribution >= 0.6 is 35.0 Å². The van der Waals surface area contributed by atoms with E-state index in [0.29, 0.717) is 38.0 Å². The summed E-state index contributed by atoms with van der Waals surface area (Å²) in [5.74, 6) is 0.344. The second kappa shape index (κ2) is 10.0. The minimum Gasteiger partial charge on any atom is -0.325 e. The summed E-state index contributed by atoms with van der Waals surface area (Å²) in [4.78, 5) is 16.9. The maximum absolute atomic E-state index is 12.8. The van der Waals surface area contributed by atoms with Gasteiger partial charge in [0.25, 0.3) is 0 Å². The predicted octanol–water partition coefficient (Wildman–Crippen LogP) is 5.63. The summed E-state index contributed by atoms with van der Waals surface area (Å²) < 4.78 is 1.82. The first-order valence-electron chi connectivity index (χ1n) is 9.75. The van der Waals surface area contributed by atoms with Crippen LogP contribution in [0.25, 0.3) is 17.1 Å². The number of thioether (sulfide) groups is 1. The van der Waals surface area contributed by atoms with Gasteiger partial charge in [-0.25, -0.2) is 0 Å². The molecule has 2 heterocycles. The van der Waals surface area contributed by atoms with Crippen molar-refractivity contribution >= 4 is 46.6 Å². The highest BCUT2D eigenvalue weighted by Crippen LogP contribution is 2.33. The van der Waals surface area contributed by atoms with Crippen LogP contribution in [0, 0.1) is 11.3 Å². The lowest BCUT2D eigenvalue weighted by Crippen LogP contribution is -2.23. The van der Waals surface area contributed by atoms with Crippen molar-refractivity contribution in [1.82, 2.24) is 19.7 Å². The quantitative estimate of drug-likeness (QED) is 0.349. The van der Waals surface area contributed by atoms with E-state index in [1.807, 2.05) is 22.8 Å². The lowest BCUT2D eigenvalue weighted by molar-refractivity contribution is -0.115. The zero-order chi connectivity index (χ0) is 23.4. The van der Waals surface area contributed by atoms with Crippen molar-refractivity contribution in [3.8, 4) is 23.1 Å². The van der Waals surface area contributed by atoms with E-state index >= 15 is 0 Å². The number of hydrogen-bond donors (Lipinski definition) is 1. The molecule has 0 saturated carbocycles. The van der Waals surface area contributed by atoms with Gasteiger partial charge in [0.05, 0.1) is 32.6 Å². The molecule has 0 fully saturated rings. The van der Waals surface area contributed by atoms with E-state index < -0.39 is 5.25 Å². The molecule has 1 N–H and O–H groups in total. The molecule has 0 aliphatic carbocycles. The van der Waals surface area contributed by atoms with Crippen molar-refractivity contribution in [2.24, 2.45) is 0 Å². The van der Waals surface area contributed by atoms with Crippen LogP contribution in [0.1, 0.15) is 12.5 Å². The summed E-state index contributed by atoms with van der Waals surface area (Å²) in [6.07, 6.45) is 3.34. The number of rotatable bonds is 6. The molecule has 0 radical (unpaired) electrons. The lowest BCUT2D eigenvalue weighted by atomic mass is 10.2. The number of hydrogen-bond acceptors (Lipinski definition) is 6. The molecule has 4 rings (SSSR count). The summed E-state index contributed by atoms with van der Waals surface area (Å²) in [6, 6.07) is 17.7. The fraction of sp³-hybridized carbons (Fsp3) is 0.0870. The normalized spacial score (nSPS) is 11.6. The number of amides is 1. The number of nitriles is 1. The first kappa shape index (κ1) is 22.8. The maximum atomic E-state index is 12.8. The Morgan fingerprint density at radius 1 is 1.09 bits per heavy atom. The molecule has 4 aromatic rings. The van der Waals surface area contributed by atoms with Crippen LogP contribution < -0.4 is 5.32 Å². The minimum absolute atomic E-state index is 0.232. The largest absolute Gasteiger partial charge is 0.325 e. The molecule has 0 bridgehead atoms. The van der Waals surface area contributed by atoms with Crippen LogP contribution in [0.2, 0.25) is 10.0 Å². The second-order valence-electron chi connectivity index (χ2n) is 6.92. The Morgan fingerprint density at radius 3 is 2.61 bits per heavy atom. The fourth-order valence-corrected chi connectivity index (χ4v) is 4.17. The van der Waals surface area contributed by atoms with E-state index in [-0.39, 0.29) is 5.91 Å². The molecule has 7 nitrogen and oxygen atoms in total. The number of carbonyl (C=O) groups excluding carboxylic acids is 1. The third kappa shape index (κ3) is 5.17. The molecule has 33 heavy (non-hydrogen) atoms. The minimum atomic E-state index is -0.508. The Bertz CT molecular complexity index is 1350. The molecule has 1 amide bonds. The molecule has 0 aliphatic heterocycles. The molecular weight excluding hydrogens is 479 g/mol. The Kier molecular flexibility index (Phi) is 6.94. The number of benzene rings is 2. The Hall–Kier alpha value is -3.38. The third-order valence-electron chi connectivity index (χ3n) is 4.64. The number of carbonyl (C=O) groups is 1. The molecule has 0 spiro atoms. The summed E-state index contributed by atoms with van der Waals surface area (Å²) in [6.45, 7) is 1.77. The zero-order valence-corrected chi connectivity index (χ0v) is 19.6. The summed E-state index contributed by atoms with van der Waals surface area (Å²) in [5, 5.41) is 21.4. The highest BCUT2D eigenvalue weighted by molar-refractivity contribution is 8.00. The number of anilines is 1. The van der Waals surface area contributed by atoms with Gasteiger partial charge in [-0.3, -0.25) is 14.3 Å². The first-order chi connectivity index (χ1) is 16.0. The number of halogens is 2. The molecule has 0 aliphatic rings. The van der Waals surface area contributed by atoms with Crippen LogP contribution in [0.4, 0.5) is 5.69 Å². The van der Waals surface area contributed by atoms with Gasteiger partial charge in [-0.2, -0.15) is 5.26 Å². The molecule has 2 aromatic carbocycles. The second-order valence-corrected chi connectivity index (χ2v) is 9.04. The monoisotopic (exact) mass is 494 g/mol. The van der Waals surface area contributed by atoms with E-state index in [9.17, 15) is 4.79 Å². The van der Waals surface area contributed by atoms with Crippen LogP contribution in [0.3, 0.4) is 0 Å². The van der Waals surface area contributed by atoms with Crippen molar-refractivity contribution in [3.05, 3.63) is 82.6 Å². The number of nitrogens with zero attached hydrogens (tertiary/aromatic N) is 5. The number of aromatic nitrogens is 4.